The van der Waals surface area contributed by atoms with Gasteiger partial charge in [0.1, 0.15) is 6.33 Å². The van der Waals surface area contributed by atoms with Crippen molar-refractivity contribution >= 4 is 29.9 Å². The minimum atomic E-state index is -1.03. The van der Waals surface area contributed by atoms with Crippen LogP contribution in [0.2, 0.25) is 5.02 Å². The fraction of sp³-hybridized carbons (Fsp3) is 0.250. The number of esters is 1. The number of carbonyl (C=O) groups excluding carboxylic acids is 2. The van der Waals surface area contributed by atoms with E-state index in [9.17, 15) is 9.59 Å². The van der Waals surface area contributed by atoms with Gasteiger partial charge >= 0.3 is 12.1 Å². The topological polar surface area (TPSA) is 83.3 Å². The van der Waals surface area contributed by atoms with E-state index in [1.807, 2.05) is 19.9 Å². The normalized spacial score (nSPS) is 11.0. The average molecular weight is 350 g/mol. The lowest BCUT2D eigenvalue weighted by Gasteiger charge is -2.05. The van der Waals surface area contributed by atoms with E-state index in [0.29, 0.717) is 10.8 Å². The molecule has 0 radical (unpaired) electrons. The number of aromatic nitrogens is 3. The maximum atomic E-state index is 11.5. The highest BCUT2D eigenvalue weighted by atomic mass is 35.5. The fourth-order valence-electron chi connectivity index (χ4n) is 1.62. The second-order valence-electron chi connectivity index (χ2n) is 5.25. The Morgan fingerprint density at radius 3 is 2.88 bits per heavy atom. The van der Waals surface area contributed by atoms with Crippen LogP contribution in [0.25, 0.3) is 17.6 Å². The van der Waals surface area contributed by atoms with Gasteiger partial charge in [-0.3, -0.25) is 0 Å². The molecule has 0 aliphatic heterocycles. The number of rotatable bonds is 5. The lowest BCUT2D eigenvalue weighted by molar-refractivity contribution is -0.134. The number of hydrogen-bond donors (Lipinski definition) is 0. The van der Waals surface area contributed by atoms with E-state index in [1.165, 1.54) is 17.2 Å². The Morgan fingerprint density at radius 2 is 2.17 bits per heavy atom. The standard InChI is InChI=1S/C16H16ClN3O4/c1-11(2)9-23-16(22)24-14(21)6-7-20-10-18-15(19-20)12-4-3-5-13(17)8-12/h3-8,10-11H,9H2,1-2H3/b7-6-. The van der Waals surface area contributed by atoms with E-state index in [4.69, 9.17) is 16.3 Å². The number of carbonyl (C=O) groups is 2. The van der Waals surface area contributed by atoms with Crippen LogP contribution in [0, 0.1) is 5.92 Å². The molecule has 7 nitrogen and oxygen atoms in total. The molecule has 126 valence electrons. The third kappa shape index (κ3) is 5.51. The van der Waals surface area contributed by atoms with E-state index in [1.54, 1.807) is 18.2 Å². The van der Waals surface area contributed by atoms with Crippen LogP contribution >= 0.6 is 11.6 Å². The van der Waals surface area contributed by atoms with Gasteiger partial charge in [-0.05, 0) is 18.1 Å². The predicted octanol–water partition coefficient (Wildman–Crippen LogP) is 3.41. The summed E-state index contributed by atoms with van der Waals surface area (Å²) >= 11 is 5.92. The first kappa shape index (κ1) is 17.7. The summed E-state index contributed by atoms with van der Waals surface area (Å²) in [5.74, 6) is -0.251. The Labute approximate surface area is 143 Å². The molecule has 8 heteroatoms. The lowest BCUT2D eigenvalue weighted by atomic mass is 10.2. The zero-order chi connectivity index (χ0) is 17.5. The quantitative estimate of drug-likeness (QED) is 0.467. The first-order valence-corrected chi connectivity index (χ1v) is 7.55. The van der Waals surface area contributed by atoms with Gasteiger partial charge in [-0.25, -0.2) is 19.3 Å². The number of nitrogens with zero attached hydrogens (tertiary/aromatic N) is 3. The van der Waals surface area contributed by atoms with Gasteiger partial charge in [0.15, 0.2) is 5.82 Å². The van der Waals surface area contributed by atoms with Gasteiger partial charge in [-0.2, -0.15) is 0 Å². The number of hydrogen-bond acceptors (Lipinski definition) is 6. The van der Waals surface area contributed by atoms with Crippen LogP contribution in [0.4, 0.5) is 4.79 Å². The summed E-state index contributed by atoms with van der Waals surface area (Å²) in [6.07, 6.45) is 2.75. The SMILES string of the molecule is CC(C)COC(=O)OC(=O)/C=C\n1cnc(-c2cccc(Cl)c2)n1. The highest BCUT2D eigenvalue weighted by molar-refractivity contribution is 6.30. The molecular formula is C16H16ClN3O4. The van der Waals surface area contributed by atoms with E-state index in [-0.39, 0.29) is 12.5 Å². The highest BCUT2D eigenvalue weighted by Gasteiger charge is 2.10. The van der Waals surface area contributed by atoms with Gasteiger partial charge < -0.3 is 9.47 Å². The Kier molecular flexibility index (Phi) is 6.08. The van der Waals surface area contributed by atoms with E-state index >= 15 is 0 Å². The van der Waals surface area contributed by atoms with Crippen molar-refractivity contribution in [3.8, 4) is 11.4 Å². The largest absolute Gasteiger partial charge is 0.516 e. The second kappa shape index (κ2) is 8.26. The van der Waals surface area contributed by atoms with Crippen LogP contribution in [0.3, 0.4) is 0 Å². The molecule has 1 heterocycles. The molecule has 0 fully saturated rings. The first-order valence-electron chi connectivity index (χ1n) is 7.18. The van der Waals surface area contributed by atoms with Crippen LogP contribution in [0.5, 0.6) is 0 Å². The Morgan fingerprint density at radius 1 is 1.38 bits per heavy atom. The van der Waals surface area contributed by atoms with Gasteiger partial charge in [0.2, 0.25) is 0 Å². The minimum absolute atomic E-state index is 0.156. The molecule has 2 aromatic rings. The van der Waals surface area contributed by atoms with E-state index in [2.05, 4.69) is 14.8 Å². The number of ether oxygens (including phenoxy) is 2. The van der Waals surface area contributed by atoms with Crippen molar-refractivity contribution in [2.24, 2.45) is 5.92 Å². The molecule has 0 N–H and O–H groups in total. The molecule has 0 aliphatic rings. The van der Waals surface area contributed by atoms with Gasteiger partial charge in [0.25, 0.3) is 0 Å². The van der Waals surface area contributed by atoms with Crippen molar-refractivity contribution in [3.05, 3.63) is 41.7 Å². The molecule has 0 atom stereocenters. The van der Waals surface area contributed by atoms with Crippen molar-refractivity contribution in [3.63, 3.8) is 0 Å². The van der Waals surface area contributed by atoms with Crippen LogP contribution in [-0.4, -0.2) is 33.5 Å². The predicted molar refractivity (Wildman–Crippen MR) is 88.1 cm³/mol. The Bertz CT molecular complexity index is 755. The van der Waals surface area contributed by atoms with Crippen molar-refractivity contribution < 1.29 is 19.1 Å². The molecule has 2 rings (SSSR count). The average Bonchev–Trinajstić information content (AvgIpc) is 3.00. The maximum absolute atomic E-state index is 11.5. The van der Waals surface area contributed by atoms with Gasteiger partial charge in [0, 0.05) is 22.9 Å². The van der Waals surface area contributed by atoms with Crippen molar-refractivity contribution in [2.75, 3.05) is 6.61 Å². The zero-order valence-corrected chi connectivity index (χ0v) is 13.9. The molecule has 0 saturated carbocycles. The van der Waals surface area contributed by atoms with Crippen molar-refractivity contribution in [1.82, 2.24) is 14.8 Å². The van der Waals surface area contributed by atoms with Crippen LogP contribution in [0.15, 0.2) is 36.7 Å². The molecule has 1 aromatic carbocycles. The van der Waals surface area contributed by atoms with E-state index in [0.717, 1.165) is 11.6 Å². The number of benzene rings is 1. The highest BCUT2D eigenvalue weighted by Crippen LogP contribution is 2.18. The minimum Gasteiger partial charge on any atom is -0.434 e. The Hall–Kier alpha value is -2.67. The molecule has 24 heavy (non-hydrogen) atoms. The molecule has 0 unspecified atom stereocenters. The molecule has 0 amide bonds. The second-order valence-corrected chi connectivity index (χ2v) is 5.69. The van der Waals surface area contributed by atoms with Crippen molar-refractivity contribution in [2.45, 2.75) is 13.8 Å². The lowest BCUT2D eigenvalue weighted by Crippen LogP contribution is -2.14. The van der Waals surface area contributed by atoms with Crippen LogP contribution in [0.1, 0.15) is 13.8 Å². The summed E-state index contributed by atoms with van der Waals surface area (Å²) in [7, 11) is 0. The summed E-state index contributed by atoms with van der Waals surface area (Å²) in [5.41, 5.74) is 0.745. The van der Waals surface area contributed by atoms with Crippen molar-refractivity contribution in [1.29, 1.82) is 0 Å². The third-order valence-electron chi connectivity index (χ3n) is 2.67. The monoisotopic (exact) mass is 349 g/mol. The molecule has 0 aliphatic carbocycles. The van der Waals surface area contributed by atoms with E-state index < -0.39 is 12.1 Å². The summed E-state index contributed by atoms with van der Waals surface area (Å²) in [6.45, 7) is 3.93. The third-order valence-corrected chi connectivity index (χ3v) is 2.91. The zero-order valence-electron chi connectivity index (χ0n) is 13.2. The summed E-state index contributed by atoms with van der Waals surface area (Å²) in [6, 6.07) is 7.07. The maximum Gasteiger partial charge on any atom is 0.516 e. The molecule has 0 bridgehead atoms. The molecule has 0 saturated heterocycles. The van der Waals surface area contributed by atoms with Crippen LogP contribution in [-0.2, 0) is 14.3 Å². The number of halogens is 1. The smallest absolute Gasteiger partial charge is 0.434 e. The summed E-state index contributed by atoms with van der Waals surface area (Å²) in [5, 5.41) is 4.74. The van der Waals surface area contributed by atoms with Gasteiger partial charge in [0.05, 0.1) is 6.61 Å². The first-order chi connectivity index (χ1) is 11.4. The summed E-state index contributed by atoms with van der Waals surface area (Å²) < 4.78 is 10.5. The fourth-order valence-corrected chi connectivity index (χ4v) is 1.81. The van der Waals surface area contributed by atoms with Crippen LogP contribution < -0.4 is 0 Å². The molecule has 1 aromatic heterocycles. The van der Waals surface area contributed by atoms with Gasteiger partial charge in [-0.1, -0.05) is 37.6 Å². The molecule has 0 spiro atoms. The summed E-state index contributed by atoms with van der Waals surface area (Å²) in [4.78, 5) is 26.9. The molecular weight excluding hydrogens is 334 g/mol. The van der Waals surface area contributed by atoms with Gasteiger partial charge in [-0.15, -0.1) is 5.10 Å². The Balaban J connectivity index is 1.93.